The highest BCUT2D eigenvalue weighted by molar-refractivity contribution is 5.50. The van der Waals surface area contributed by atoms with Gasteiger partial charge in [-0.05, 0) is 18.8 Å². The van der Waals surface area contributed by atoms with Crippen LogP contribution in [0.1, 0.15) is 33.1 Å². The second-order valence-corrected chi connectivity index (χ2v) is 7.43. The Morgan fingerprint density at radius 1 is 1.38 bits per heavy atom. The monoisotopic (exact) mass is 374 g/mol. The second-order valence-electron chi connectivity index (χ2n) is 7.43. The standard InChI is InChI=1S/C17H25F3N4O2/c1-11(2)15-12(4-3-7-26-15)23-13-8-14(22-10-21-13)24-6-5-16(25,9-24)17(18,19)20/h8,10-12,15,25H,3-7,9H2,1-2H3,(H,21,22,23)/t12-,15-,16+/m0/s1. The third kappa shape index (κ3) is 3.88. The first-order valence-electron chi connectivity index (χ1n) is 8.94. The summed E-state index contributed by atoms with van der Waals surface area (Å²) >= 11 is 0. The van der Waals surface area contributed by atoms with Gasteiger partial charge in [-0.1, -0.05) is 13.8 Å². The van der Waals surface area contributed by atoms with Gasteiger partial charge in [-0.3, -0.25) is 0 Å². The molecule has 0 bridgehead atoms. The number of aliphatic hydroxyl groups is 1. The number of anilines is 2. The number of aromatic nitrogens is 2. The molecule has 0 aliphatic carbocycles. The number of hydrogen-bond acceptors (Lipinski definition) is 6. The van der Waals surface area contributed by atoms with Crippen molar-refractivity contribution in [3.8, 4) is 0 Å². The molecule has 2 aliphatic rings. The summed E-state index contributed by atoms with van der Waals surface area (Å²) in [6.07, 6.45) is -1.74. The van der Waals surface area contributed by atoms with E-state index in [1.165, 1.54) is 11.2 Å². The van der Waals surface area contributed by atoms with Crippen molar-refractivity contribution in [2.24, 2.45) is 5.92 Å². The normalized spacial score (nSPS) is 30.0. The molecule has 0 amide bonds. The molecule has 1 aromatic rings. The van der Waals surface area contributed by atoms with Crippen LogP contribution in [0.4, 0.5) is 24.8 Å². The molecule has 3 rings (SSSR count). The molecular weight excluding hydrogens is 349 g/mol. The average molecular weight is 374 g/mol. The lowest BCUT2D eigenvalue weighted by Gasteiger charge is -2.35. The van der Waals surface area contributed by atoms with Crippen molar-refractivity contribution in [3.05, 3.63) is 12.4 Å². The zero-order chi connectivity index (χ0) is 18.9. The van der Waals surface area contributed by atoms with Gasteiger partial charge < -0.3 is 20.1 Å². The van der Waals surface area contributed by atoms with Gasteiger partial charge in [-0.2, -0.15) is 13.2 Å². The Kier molecular flexibility index (Phi) is 5.30. The van der Waals surface area contributed by atoms with Crippen molar-refractivity contribution in [2.45, 2.75) is 57.0 Å². The van der Waals surface area contributed by atoms with Crippen molar-refractivity contribution >= 4 is 11.6 Å². The van der Waals surface area contributed by atoms with Gasteiger partial charge in [-0.15, -0.1) is 0 Å². The predicted octanol–water partition coefficient (Wildman–Crippen LogP) is 2.60. The summed E-state index contributed by atoms with van der Waals surface area (Å²) < 4.78 is 44.9. The first kappa shape index (κ1) is 19.2. The fourth-order valence-electron chi connectivity index (χ4n) is 3.62. The molecule has 2 aliphatic heterocycles. The average Bonchev–Trinajstić information content (AvgIpc) is 2.99. The Balaban J connectivity index is 1.71. The van der Waals surface area contributed by atoms with Gasteiger partial charge in [0.05, 0.1) is 18.7 Å². The van der Waals surface area contributed by atoms with Crippen LogP contribution in [0, 0.1) is 5.92 Å². The van der Waals surface area contributed by atoms with Crippen LogP contribution < -0.4 is 10.2 Å². The molecule has 0 unspecified atom stereocenters. The van der Waals surface area contributed by atoms with E-state index < -0.39 is 18.3 Å². The first-order valence-corrected chi connectivity index (χ1v) is 8.94. The molecule has 0 aromatic carbocycles. The lowest BCUT2D eigenvalue weighted by atomic mass is 9.94. The van der Waals surface area contributed by atoms with Gasteiger partial charge in [0.25, 0.3) is 0 Å². The lowest BCUT2D eigenvalue weighted by molar-refractivity contribution is -0.250. The van der Waals surface area contributed by atoms with Crippen LogP contribution in [-0.4, -0.2) is 58.7 Å². The highest BCUT2D eigenvalue weighted by atomic mass is 19.4. The molecule has 0 radical (unpaired) electrons. The number of hydrogen-bond donors (Lipinski definition) is 2. The molecule has 6 nitrogen and oxygen atoms in total. The van der Waals surface area contributed by atoms with Crippen LogP contribution in [-0.2, 0) is 4.74 Å². The molecule has 0 saturated carbocycles. The van der Waals surface area contributed by atoms with Gasteiger partial charge in [0.2, 0.25) is 0 Å². The molecule has 1 aromatic heterocycles. The second kappa shape index (κ2) is 7.19. The smallest absolute Gasteiger partial charge is 0.379 e. The minimum atomic E-state index is -4.65. The Bertz CT molecular complexity index is 628. The number of ether oxygens (including phenoxy) is 1. The summed E-state index contributed by atoms with van der Waals surface area (Å²) in [6.45, 7) is 4.50. The maximum Gasteiger partial charge on any atom is 0.418 e. The maximum absolute atomic E-state index is 13.0. The van der Waals surface area contributed by atoms with Gasteiger partial charge in [0.15, 0.2) is 5.60 Å². The predicted molar refractivity (Wildman–Crippen MR) is 91.1 cm³/mol. The minimum absolute atomic E-state index is 0.0595. The molecular formula is C17H25F3N4O2. The van der Waals surface area contributed by atoms with E-state index in [0.717, 1.165) is 19.4 Å². The van der Waals surface area contributed by atoms with Crippen LogP contribution in [0.15, 0.2) is 12.4 Å². The number of rotatable bonds is 4. The van der Waals surface area contributed by atoms with Gasteiger partial charge in [0, 0.05) is 25.6 Å². The highest BCUT2D eigenvalue weighted by Crippen LogP contribution is 2.39. The van der Waals surface area contributed by atoms with Gasteiger partial charge in [0.1, 0.15) is 18.0 Å². The van der Waals surface area contributed by atoms with Crippen LogP contribution in [0.2, 0.25) is 0 Å². The largest absolute Gasteiger partial charge is 0.418 e. The number of nitrogens with zero attached hydrogens (tertiary/aromatic N) is 3. The molecule has 3 heterocycles. The molecule has 2 N–H and O–H groups in total. The summed E-state index contributed by atoms with van der Waals surface area (Å²) in [4.78, 5) is 9.72. The van der Waals surface area contributed by atoms with E-state index in [0.29, 0.717) is 17.6 Å². The van der Waals surface area contributed by atoms with E-state index in [-0.39, 0.29) is 25.1 Å². The van der Waals surface area contributed by atoms with E-state index in [4.69, 9.17) is 4.74 Å². The Hall–Kier alpha value is -1.61. The molecule has 2 fully saturated rings. The van der Waals surface area contributed by atoms with Crippen LogP contribution in [0.5, 0.6) is 0 Å². The Labute approximate surface area is 150 Å². The molecule has 3 atom stereocenters. The first-order chi connectivity index (χ1) is 12.2. The number of nitrogens with one attached hydrogen (secondary N) is 1. The van der Waals surface area contributed by atoms with E-state index in [2.05, 4.69) is 29.1 Å². The fourth-order valence-corrected chi connectivity index (χ4v) is 3.62. The number of halogens is 3. The van der Waals surface area contributed by atoms with Crippen molar-refractivity contribution in [2.75, 3.05) is 29.9 Å². The van der Waals surface area contributed by atoms with Gasteiger partial charge >= 0.3 is 6.18 Å². The fraction of sp³-hybridized carbons (Fsp3) is 0.765. The maximum atomic E-state index is 13.0. The molecule has 26 heavy (non-hydrogen) atoms. The minimum Gasteiger partial charge on any atom is -0.379 e. The third-order valence-corrected chi connectivity index (χ3v) is 5.11. The molecule has 0 spiro atoms. The van der Waals surface area contributed by atoms with Crippen molar-refractivity contribution in [1.29, 1.82) is 0 Å². The number of alkyl halides is 3. The number of β-amino-alcohol motifs (C(OH)–C–C–N with tert-alkyl or cyclic N) is 1. The topological polar surface area (TPSA) is 70.5 Å². The highest BCUT2D eigenvalue weighted by Gasteiger charge is 2.57. The van der Waals surface area contributed by atoms with Gasteiger partial charge in [-0.25, -0.2) is 9.97 Å². The summed E-state index contributed by atoms with van der Waals surface area (Å²) in [5, 5.41) is 13.2. The quantitative estimate of drug-likeness (QED) is 0.844. The van der Waals surface area contributed by atoms with E-state index >= 15 is 0 Å². The molecule has 146 valence electrons. The van der Waals surface area contributed by atoms with E-state index in [1.54, 1.807) is 6.07 Å². The Morgan fingerprint density at radius 3 is 2.81 bits per heavy atom. The third-order valence-electron chi connectivity index (χ3n) is 5.11. The van der Waals surface area contributed by atoms with Crippen molar-refractivity contribution < 1.29 is 23.0 Å². The SMILES string of the molecule is CC(C)[C@@H]1OCCC[C@@H]1Nc1cc(N2CC[C@](O)(C(F)(F)F)C2)ncn1. The van der Waals surface area contributed by atoms with Crippen molar-refractivity contribution in [1.82, 2.24) is 9.97 Å². The molecule has 9 heteroatoms. The zero-order valence-electron chi connectivity index (χ0n) is 15.0. The Morgan fingerprint density at radius 2 is 2.15 bits per heavy atom. The van der Waals surface area contributed by atoms with Crippen LogP contribution in [0.25, 0.3) is 0 Å². The van der Waals surface area contributed by atoms with E-state index in [1.807, 2.05) is 0 Å². The van der Waals surface area contributed by atoms with Crippen LogP contribution in [0.3, 0.4) is 0 Å². The summed E-state index contributed by atoms with van der Waals surface area (Å²) in [6, 6.07) is 1.73. The molecule has 2 saturated heterocycles. The lowest BCUT2D eigenvalue weighted by Crippen LogP contribution is -2.47. The zero-order valence-corrected chi connectivity index (χ0v) is 15.0. The summed E-state index contributed by atoms with van der Waals surface area (Å²) in [5.41, 5.74) is -2.69. The summed E-state index contributed by atoms with van der Waals surface area (Å²) in [7, 11) is 0. The van der Waals surface area contributed by atoms with Crippen molar-refractivity contribution in [3.63, 3.8) is 0 Å². The van der Waals surface area contributed by atoms with Crippen LogP contribution >= 0.6 is 0 Å². The van der Waals surface area contributed by atoms with E-state index in [9.17, 15) is 18.3 Å². The summed E-state index contributed by atoms with van der Waals surface area (Å²) in [5.74, 6) is 1.27.